The molecular formula is C21H24N4O2. The third kappa shape index (κ3) is 3.39. The second-order valence-corrected chi connectivity index (χ2v) is 7.18. The van der Waals surface area contributed by atoms with E-state index in [4.69, 9.17) is 0 Å². The smallest absolute Gasteiger partial charge is 0.282 e. The molecule has 6 heteroatoms. The maximum Gasteiger partial charge on any atom is 0.282 e. The third-order valence-electron chi connectivity index (χ3n) is 5.14. The Morgan fingerprint density at radius 1 is 1.19 bits per heavy atom. The molecule has 1 amide bonds. The zero-order valence-corrected chi connectivity index (χ0v) is 15.5. The van der Waals surface area contributed by atoms with Gasteiger partial charge in [-0.3, -0.25) is 9.59 Å². The molecule has 27 heavy (non-hydrogen) atoms. The van der Waals surface area contributed by atoms with Gasteiger partial charge in [-0.1, -0.05) is 38.0 Å². The number of rotatable bonds is 5. The number of carbonyl (C=O) groups excluding carboxylic acids is 1. The van der Waals surface area contributed by atoms with Crippen molar-refractivity contribution >= 4 is 5.91 Å². The van der Waals surface area contributed by atoms with Crippen molar-refractivity contribution < 1.29 is 4.79 Å². The zero-order chi connectivity index (χ0) is 18.8. The van der Waals surface area contributed by atoms with Crippen LogP contribution in [0.2, 0.25) is 0 Å². The molecule has 1 aromatic carbocycles. The Labute approximate surface area is 158 Å². The van der Waals surface area contributed by atoms with Crippen molar-refractivity contribution in [2.24, 2.45) is 0 Å². The third-order valence-corrected chi connectivity index (χ3v) is 5.14. The lowest BCUT2D eigenvalue weighted by atomic mass is 10.1. The minimum absolute atomic E-state index is 0.143. The van der Waals surface area contributed by atoms with Gasteiger partial charge >= 0.3 is 0 Å². The van der Waals surface area contributed by atoms with Gasteiger partial charge in [-0.25, -0.2) is 0 Å². The first-order valence-electron chi connectivity index (χ1n) is 9.66. The Hall–Kier alpha value is -2.89. The van der Waals surface area contributed by atoms with E-state index in [0.29, 0.717) is 22.5 Å². The molecule has 6 nitrogen and oxygen atoms in total. The van der Waals surface area contributed by atoms with E-state index in [2.05, 4.69) is 17.3 Å². The van der Waals surface area contributed by atoms with Crippen LogP contribution in [-0.4, -0.2) is 26.3 Å². The van der Waals surface area contributed by atoms with Crippen LogP contribution >= 0.6 is 0 Å². The van der Waals surface area contributed by atoms with Crippen LogP contribution in [0.15, 0.2) is 47.5 Å². The maximum atomic E-state index is 13.0. The Morgan fingerprint density at radius 3 is 2.63 bits per heavy atom. The van der Waals surface area contributed by atoms with Crippen LogP contribution in [0.1, 0.15) is 49.4 Å². The second-order valence-electron chi connectivity index (χ2n) is 7.18. The Kier molecular flexibility index (Phi) is 4.79. The van der Waals surface area contributed by atoms with E-state index in [-0.39, 0.29) is 17.5 Å². The summed E-state index contributed by atoms with van der Waals surface area (Å²) in [7, 11) is 0. The van der Waals surface area contributed by atoms with Crippen molar-refractivity contribution in [2.45, 2.75) is 51.6 Å². The summed E-state index contributed by atoms with van der Waals surface area (Å²) in [6.07, 6.45) is 8.87. The number of pyridine rings is 1. The van der Waals surface area contributed by atoms with Gasteiger partial charge in [0.1, 0.15) is 5.69 Å². The maximum absolute atomic E-state index is 13.0. The van der Waals surface area contributed by atoms with Gasteiger partial charge in [0, 0.05) is 25.0 Å². The van der Waals surface area contributed by atoms with Crippen LogP contribution in [0.25, 0.3) is 16.9 Å². The Balaban J connectivity index is 1.81. The minimum Gasteiger partial charge on any atom is -0.353 e. The summed E-state index contributed by atoms with van der Waals surface area (Å²) in [6, 6.07) is 9.53. The van der Waals surface area contributed by atoms with Gasteiger partial charge in [-0.15, -0.1) is 0 Å². The quantitative estimate of drug-likeness (QED) is 0.756. The number of amides is 1. The monoisotopic (exact) mass is 364 g/mol. The molecule has 0 spiro atoms. The summed E-state index contributed by atoms with van der Waals surface area (Å²) >= 11 is 0. The van der Waals surface area contributed by atoms with Crippen molar-refractivity contribution in [1.82, 2.24) is 19.7 Å². The first-order valence-corrected chi connectivity index (χ1v) is 9.66. The van der Waals surface area contributed by atoms with E-state index in [1.54, 1.807) is 6.20 Å². The first kappa shape index (κ1) is 17.5. The lowest BCUT2D eigenvalue weighted by molar-refractivity contribution is 0.0937. The van der Waals surface area contributed by atoms with E-state index in [9.17, 15) is 9.59 Å². The fourth-order valence-electron chi connectivity index (χ4n) is 3.79. The number of hydrogen-bond acceptors (Lipinski definition) is 3. The van der Waals surface area contributed by atoms with Gasteiger partial charge in [0.25, 0.3) is 11.5 Å². The molecule has 2 aliphatic heterocycles. The highest BCUT2D eigenvalue weighted by molar-refractivity contribution is 6.00. The van der Waals surface area contributed by atoms with Crippen LogP contribution in [0.5, 0.6) is 0 Å². The molecule has 1 aliphatic carbocycles. The summed E-state index contributed by atoms with van der Waals surface area (Å²) in [5.74, 6) is -0.143. The number of aromatic nitrogens is 3. The molecule has 4 rings (SSSR count). The molecule has 0 unspecified atom stereocenters. The van der Waals surface area contributed by atoms with Crippen LogP contribution in [0.4, 0.5) is 0 Å². The fraction of sp³-hybridized carbons (Fsp3) is 0.381. The first-order chi connectivity index (χ1) is 13.2. The topological polar surface area (TPSA) is 68.9 Å². The number of nitrogens with zero attached hydrogens (tertiary/aromatic N) is 3. The molecular weight excluding hydrogens is 340 g/mol. The normalized spacial score (nSPS) is 14.7. The number of nitrogens with one attached hydrogen (secondary N) is 1. The average molecular weight is 364 g/mol. The van der Waals surface area contributed by atoms with Crippen LogP contribution in [-0.2, 0) is 6.54 Å². The van der Waals surface area contributed by atoms with Crippen molar-refractivity contribution in [3.05, 3.63) is 58.6 Å². The number of carbonyl (C=O) groups is 1. The van der Waals surface area contributed by atoms with Gasteiger partial charge < -0.3 is 9.88 Å². The molecule has 0 saturated heterocycles. The van der Waals surface area contributed by atoms with E-state index >= 15 is 0 Å². The largest absolute Gasteiger partial charge is 0.353 e. The van der Waals surface area contributed by atoms with Crippen LogP contribution in [0.3, 0.4) is 0 Å². The second kappa shape index (κ2) is 7.39. The summed E-state index contributed by atoms with van der Waals surface area (Å²) in [5, 5.41) is 7.63. The molecule has 1 fully saturated rings. The van der Waals surface area contributed by atoms with Gasteiger partial charge in [-0.05, 0) is 31.4 Å². The predicted molar refractivity (Wildman–Crippen MR) is 104 cm³/mol. The van der Waals surface area contributed by atoms with Crippen molar-refractivity contribution in [1.29, 1.82) is 0 Å². The molecule has 0 atom stereocenters. The molecule has 1 saturated carbocycles. The predicted octanol–water partition coefficient (Wildman–Crippen LogP) is 3.22. The van der Waals surface area contributed by atoms with Gasteiger partial charge in [-0.2, -0.15) is 9.78 Å². The molecule has 1 N–H and O–H groups in total. The summed E-state index contributed by atoms with van der Waals surface area (Å²) < 4.78 is 3.30. The number of hydrogen-bond donors (Lipinski definition) is 1. The molecule has 0 aromatic heterocycles. The molecule has 1 aromatic rings. The lowest BCUT2D eigenvalue weighted by Crippen LogP contribution is -2.33. The number of para-hydroxylation sites is 1. The fourth-order valence-corrected chi connectivity index (χ4v) is 3.79. The SMILES string of the molecule is CCCn1cc(C(=O)NC2CCCC2)c2nn(-c3ccccc3)c(=O)c-2c1. The summed E-state index contributed by atoms with van der Waals surface area (Å²) in [4.78, 5) is 25.9. The van der Waals surface area contributed by atoms with Crippen LogP contribution < -0.4 is 10.9 Å². The number of fused-ring (bicyclic) bond motifs is 1. The van der Waals surface area contributed by atoms with E-state index < -0.39 is 0 Å². The zero-order valence-electron chi connectivity index (χ0n) is 15.5. The lowest BCUT2D eigenvalue weighted by Gasteiger charge is -2.15. The Bertz CT molecular complexity index is 968. The average Bonchev–Trinajstić information content (AvgIpc) is 3.30. The van der Waals surface area contributed by atoms with Crippen LogP contribution in [0, 0.1) is 0 Å². The van der Waals surface area contributed by atoms with Crippen molar-refractivity contribution in [3.63, 3.8) is 0 Å². The van der Waals surface area contributed by atoms with Crippen molar-refractivity contribution in [3.8, 4) is 16.9 Å². The van der Waals surface area contributed by atoms with E-state index in [0.717, 1.165) is 38.6 Å². The highest BCUT2D eigenvalue weighted by Crippen LogP contribution is 2.24. The Morgan fingerprint density at radius 2 is 1.93 bits per heavy atom. The summed E-state index contributed by atoms with van der Waals surface area (Å²) in [5.41, 5.74) is 1.91. The molecule has 0 radical (unpaired) electrons. The number of aryl methyl sites for hydroxylation is 1. The van der Waals surface area contributed by atoms with Gasteiger partial charge in [0.05, 0.1) is 16.8 Å². The standard InChI is InChI=1S/C21H24N4O2/c1-2-12-24-13-17(20(26)22-15-8-6-7-9-15)19-18(14-24)21(27)25(23-19)16-10-4-3-5-11-16/h3-5,10-11,13-15H,2,6-9,12H2,1H3,(H,22,26). The van der Waals surface area contributed by atoms with Gasteiger partial charge in [0.15, 0.2) is 0 Å². The number of benzene rings is 1. The minimum atomic E-state index is -0.198. The highest BCUT2D eigenvalue weighted by Gasteiger charge is 2.26. The molecule has 2 heterocycles. The van der Waals surface area contributed by atoms with E-state index in [1.165, 1.54) is 4.68 Å². The van der Waals surface area contributed by atoms with Gasteiger partial charge in [0.2, 0.25) is 0 Å². The van der Waals surface area contributed by atoms with Crippen molar-refractivity contribution in [2.75, 3.05) is 0 Å². The van der Waals surface area contributed by atoms with E-state index in [1.807, 2.05) is 41.1 Å². The molecule has 3 aliphatic rings. The highest BCUT2D eigenvalue weighted by atomic mass is 16.2. The molecule has 0 bridgehead atoms. The summed E-state index contributed by atoms with van der Waals surface area (Å²) in [6.45, 7) is 2.82. The molecule has 140 valence electrons.